The van der Waals surface area contributed by atoms with E-state index in [2.05, 4.69) is 34.1 Å². The molecule has 0 unspecified atom stereocenters. The number of aliphatic carboxylic acids is 1. The maximum absolute atomic E-state index is 10.6. The van der Waals surface area contributed by atoms with Gasteiger partial charge in [0, 0.05) is 49.2 Å². The standard InChI is InChI=1S/C16H21N3OS.C2HF3O2/c1-3-8-20-12-15-14-11-19(10-13-5-4-9-21-13)7-6-16(14)18(2)17-15;3-2(4,5)1(6)7/h3-5,9H,1,6-8,10-12H2,2H3;(H,6,7). The van der Waals surface area contributed by atoms with E-state index in [0.717, 1.165) is 31.7 Å². The number of alkyl halides is 3. The highest BCUT2D eigenvalue weighted by molar-refractivity contribution is 7.09. The van der Waals surface area contributed by atoms with E-state index in [9.17, 15) is 13.2 Å². The summed E-state index contributed by atoms with van der Waals surface area (Å²) in [6.07, 6.45) is -2.25. The van der Waals surface area contributed by atoms with Gasteiger partial charge in [-0.2, -0.15) is 18.3 Å². The molecule has 3 heterocycles. The van der Waals surface area contributed by atoms with E-state index >= 15 is 0 Å². The molecule has 0 saturated carbocycles. The van der Waals surface area contributed by atoms with Gasteiger partial charge in [0.15, 0.2) is 0 Å². The first-order chi connectivity index (χ1) is 13.2. The van der Waals surface area contributed by atoms with Crippen LogP contribution in [-0.2, 0) is 42.7 Å². The fraction of sp³-hybridized carbons (Fsp3) is 0.444. The minimum Gasteiger partial charge on any atom is -0.475 e. The summed E-state index contributed by atoms with van der Waals surface area (Å²) in [5, 5.41) is 13.9. The highest BCUT2D eigenvalue weighted by Gasteiger charge is 2.38. The van der Waals surface area contributed by atoms with Gasteiger partial charge in [-0.1, -0.05) is 12.1 Å². The van der Waals surface area contributed by atoms with Crippen LogP contribution in [0.5, 0.6) is 0 Å². The molecule has 0 aromatic carbocycles. The van der Waals surface area contributed by atoms with Gasteiger partial charge in [0.1, 0.15) is 0 Å². The molecule has 28 heavy (non-hydrogen) atoms. The minimum atomic E-state index is -5.08. The van der Waals surface area contributed by atoms with Gasteiger partial charge in [0.2, 0.25) is 0 Å². The maximum Gasteiger partial charge on any atom is 0.490 e. The van der Waals surface area contributed by atoms with Crippen molar-refractivity contribution in [2.24, 2.45) is 7.05 Å². The fourth-order valence-corrected chi connectivity index (χ4v) is 3.58. The molecular formula is C18H22F3N3O3S. The topological polar surface area (TPSA) is 67.6 Å². The third kappa shape index (κ3) is 6.18. The molecule has 0 atom stereocenters. The summed E-state index contributed by atoms with van der Waals surface area (Å²) in [5.74, 6) is -2.76. The second-order valence-electron chi connectivity index (χ2n) is 6.14. The maximum atomic E-state index is 10.6. The van der Waals surface area contributed by atoms with Crippen molar-refractivity contribution >= 4 is 17.3 Å². The van der Waals surface area contributed by atoms with Crippen molar-refractivity contribution in [1.82, 2.24) is 14.7 Å². The molecule has 0 fully saturated rings. The molecule has 1 aliphatic heterocycles. The molecule has 0 aliphatic carbocycles. The Morgan fingerprint density at radius 2 is 2.21 bits per heavy atom. The number of aromatic nitrogens is 2. The molecule has 3 rings (SSSR count). The van der Waals surface area contributed by atoms with Crippen molar-refractivity contribution < 1.29 is 27.8 Å². The number of rotatable bonds is 6. The van der Waals surface area contributed by atoms with Crippen molar-refractivity contribution in [3.05, 3.63) is 52.0 Å². The van der Waals surface area contributed by atoms with Crippen molar-refractivity contribution in [3.63, 3.8) is 0 Å². The smallest absolute Gasteiger partial charge is 0.475 e. The van der Waals surface area contributed by atoms with Crippen LogP contribution in [-0.4, -0.2) is 45.1 Å². The molecule has 6 nitrogen and oxygen atoms in total. The molecule has 0 amide bonds. The molecule has 0 spiro atoms. The lowest BCUT2D eigenvalue weighted by Crippen LogP contribution is -2.30. The number of carboxylic acid groups (broad SMARTS) is 1. The zero-order valence-corrected chi connectivity index (χ0v) is 16.2. The van der Waals surface area contributed by atoms with Crippen LogP contribution in [0.3, 0.4) is 0 Å². The van der Waals surface area contributed by atoms with Crippen molar-refractivity contribution in [1.29, 1.82) is 0 Å². The Labute approximate surface area is 164 Å². The molecule has 1 aliphatic rings. The Bertz CT molecular complexity index is 788. The highest BCUT2D eigenvalue weighted by atomic mass is 32.1. The van der Waals surface area contributed by atoms with Crippen LogP contribution < -0.4 is 0 Å². The van der Waals surface area contributed by atoms with Crippen molar-refractivity contribution in [3.8, 4) is 0 Å². The second-order valence-corrected chi connectivity index (χ2v) is 7.17. The Morgan fingerprint density at radius 1 is 1.50 bits per heavy atom. The van der Waals surface area contributed by atoms with E-state index in [1.165, 1.54) is 16.1 Å². The Morgan fingerprint density at radius 3 is 2.79 bits per heavy atom. The Hall–Kier alpha value is -2.17. The number of ether oxygens (including phenoxy) is 1. The van der Waals surface area contributed by atoms with Gasteiger partial charge in [0.25, 0.3) is 0 Å². The Kier molecular flexibility index (Phi) is 7.78. The van der Waals surface area contributed by atoms with Gasteiger partial charge in [-0.25, -0.2) is 4.79 Å². The lowest BCUT2D eigenvalue weighted by Gasteiger charge is -2.27. The first kappa shape index (κ1) is 22.1. The van der Waals surface area contributed by atoms with Gasteiger partial charge in [0.05, 0.1) is 18.9 Å². The molecule has 1 N–H and O–H groups in total. The quantitative estimate of drug-likeness (QED) is 0.577. The van der Waals surface area contributed by atoms with Crippen LogP contribution in [0, 0.1) is 0 Å². The SMILES string of the molecule is C=CCOCc1nn(C)c2c1CN(Cc1cccs1)CC2.O=C(O)C(F)(F)F. The summed E-state index contributed by atoms with van der Waals surface area (Å²) < 4.78 is 39.3. The monoisotopic (exact) mass is 417 g/mol. The van der Waals surface area contributed by atoms with Crippen LogP contribution in [0.1, 0.15) is 21.8 Å². The summed E-state index contributed by atoms with van der Waals surface area (Å²) in [6, 6.07) is 4.32. The number of nitrogens with zero attached hydrogens (tertiary/aromatic N) is 3. The third-order valence-electron chi connectivity index (χ3n) is 4.08. The normalized spacial score (nSPS) is 14.1. The number of carboxylic acids is 1. The third-order valence-corrected chi connectivity index (χ3v) is 4.94. The molecule has 0 bridgehead atoms. The molecule has 2 aromatic rings. The van der Waals surface area contributed by atoms with E-state index in [0.29, 0.717) is 13.2 Å². The summed E-state index contributed by atoms with van der Waals surface area (Å²) in [4.78, 5) is 12.8. The number of thiophene rings is 1. The number of hydrogen-bond donors (Lipinski definition) is 1. The van der Waals surface area contributed by atoms with Gasteiger partial charge in [-0.15, -0.1) is 17.9 Å². The van der Waals surface area contributed by atoms with E-state index < -0.39 is 12.1 Å². The summed E-state index contributed by atoms with van der Waals surface area (Å²) in [7, 11) is 2.03. The zero-order valence-electron chi connectivity index (χ0n) is 15.4. The van der Waals surface area contributed by atoms with Crippen LogP contribution in [0.4, 0.5) is 13.2 Å². The van der Waals surface area contributed by atoms with E-state index in [-0.39, 0.29) is 0 Å². The van der Waals surface area contributed by atoms with Crippen LogP contribution >= 0.6 is 11.3 Å². The average Bonchev–Trinajstić information content (AvgIpc) is 3.23. The zero-order chi connectivity index (χ0) is 20.7. The lowest BCUT2D eigenvalue weighted by atomic mass is 10.1. The molecule has 0 radical (unpaired) electrons. The van der Waals surface area contributed by atoms with E-state index in [1.807, 2.05) is 23.1 Å². The highest BCUT2D eigenvalue weighted by Crippen LogP contribution is 2.24. The predicted molar refractivity (Wildman–Crippen MR) is 98.9 cm³/mol. The Balaban J connectivity index is 0.000000345. The largest absolute Gasteiger partial charge is 0.490 e. The first-order valence-electron chi connectivity index (χ1n) is 8.49. The minimum absolute atomic E-state index is 0.571. The van der Waals surface area contributed by atoms with Gasteiger partial charge in [-0.3, -0.25) is 9.58 Å². The number of fused-ring (bicyclic) bond motifs is 1. The summed E-state index contributed by atoms with van der Waals surface area (Å²) in [6.45, 7) is 7.91. The molecule has 10 heteroatoms. The number of hydrogen-bond acceptors (Lipinski definition) is 5. The van der Waals surface area contributed by atoms with Gasteiger partial charge < -0.3 is 9.84 Å². The number of carbonyl (C=O) groups is 1. The van der Waals surface area contributed by atoms with E-state index in [4.69, 9.17) is 14.6 Å². The van der Waals surface area contributed by atoms with E-state index in [1.54, 1.807) is 6.08 Å². The number of aryl methyl sites for hydroxylation is 1. The lowest BCUT2D eigenvalue weighted by molar-refractivity contribution is -0.192. The van der Waals surface area contributed by atoms with Crippen LogP contribution in [0.2, 0.25) is 0 Å². The van der Waals surface area contributed by atoms with Gasteiger partial charge in [-0.05, 0) is 11.4 Å². The number of halogens is 3. The average molecular weight is 417 g/mol. The molecule has 2 aromatic heterocycles. The first-order valence-corrected chi connectivity index (χ1v) is 9.37. The van der Waals surface area contributed by atoms with Crippen molar-refractivity contribution in [2.75, 3.05) is 13.2 Å². The molecule has 154 valence electrons. The van der Waals surface area contributed by atoms with Crippen LogP contribution in [0.15, 0.2) is 30.2 Å². The van der Waals surface area contributed by atoms with Crippen molar-refractivity contribution in [2.45, 2.75) is 32.3 Å². The summed E-state index contributed by atoms with van der Waals surface area (Å²) >= 11 is 1.83. The predicted octanol–water partition coefficient (Wildman–Crippen LogP) is 3.38. The van der Waals surface area contributed by atoms with Crippen LogP contribution in [0.25, 0.3) is 0 Å². The molecular weight excluding hydrogens is 395 g/mol. The fourth-order valence-electron chi connectivity index (χ4n) is 2.84. The molecule has 0 saturated heterocycles. The second kappa shape index (κ2) is 9.85. The summed E-state index contributed by atoms with van der Waals surface area (Å²) in [5.41, 5.74) is 3.78. The van der Waals surface area contributed by atoms with Gasteiger partial charge >= 0.3 is 12.1 Å².